The van der Waals surface area contributed by atoms with Crippen molar-refractivity contribution in [1.29, 1.82) is 0 Å². The first-order valence-corrected chi connectivity index (χ1v) is 6.22. The summed E-state index contributed by atoms with van der Waals surface area (Å²) in [5, 5.41) is 0. The average Bonchev–Trinajstić information content (AvgIpc) is 2.39. The molecule has 0 radical (unpaired) electrons. The summed E-state index contributed by atoms with van der Waals surface area (Å²) in [6.45, 7) is 3.25. The van der Waals surface area contributed by atoms with Gasteiger partial charge in [0.05, 0.1) is 25.9 Å². The van der Waals surface area contributed by atoms with Gasteiger partial charge in [-0.1, -0.05) is 0 Å². The molecule has 0 N–H and O–H groups in total. The van der Waals surface area contributed by atoms with Crippen LogP contribution in [-0.2, 0) is 9.47 Å². The average molecular weight is 300 g/mol. The van der Waals surface area contributed by atoms with Gasteiger partial charge >= 0.3 is 5.97 Å². The lowest BCUT2D eigenvalue weighted by atomic mass is 10.2. The molecule has 17 heavy (non-hydrogen) atoms. The zero-order valence-electron chi connectivity index (χ0n) is 9.61. The molecular weight excluding hydrogens is 286 g/mol. The molecule has 1 aromatic rings. The molecule has 4 nitrogen and oxygen atoms in total. The minimum absolute atomic E-state index is 0.328. The number of halogens is 1. The van der Waals surface area contributed by atoms with Crippen LogP contribution in [0.2, 0.25) is 0 Å². The van der Waals surface area contributed by atoms with Gasteiger partial charge in [0.15, 0.2) is 0 Å². The first kappa shape index (κ1) is 12.4. The highest BCUT2D eigenvalue weighted by molar-refractivity contribution is 9.10. The van der Waals surface area contributed by atoms with Crippen LogP contribution in [-0.4, -0.2) is 39.4 Å². The number of carbonyl (C=O) groups is 1. The number of benzene rings is 1. The number of anilines is 1. The summed E-state index contributed by atoms with van der Waals surface area (Å²) in [4.78, 5) is 13.7. The van der Waals surface area contributed by atoms with Crippen LogP contribution in [0.5, 0.6) is 0 Å². The number of hydrogen-bond acceptors (Lipinski definition) is 4. The topological polar surface area (TPSA) is 38.8 Å². The lowest BCUT2D eigenvalue weighted by Gasteiger charge is -2.29. The van der Waals surface area contributed by atoms with Crippen LogP contribution in [0, 0.1) is 0 Å². The SMILES string of the molecule is COC(=O)c1ccc(N2CCOCC2)cc1Br. The fraction of sp³-hybridized carbons (Fsp3) is 0.417. The summed E-state index contributed by atoms with van der Waals surface area (Å²) in [6.07, 6.45) is 0. The van der Waals surface area contributed by atoms with Gasteiger partial charge in [-0.15, -0.1) is 0 Å². The van der Waals surface area contributed by atoms with E-state index in [1.807, 2.05) is 12.1 Å². The molecule has 92 valence electrons. The van der Waals surface area contributed by atoms with Crippen LogP contribution in [0.1, 0.15) is 10.4 Å². The number of carbonyl (C=O) groups excluding carboxylic acids is 1. The lowest BCUT2D eigenvalue weighted by molar-refractivity contribution is 0.0599. The van der Waals surface area contributed by atoms with Gasteiger partial charge in [0, 0.05) is 23.2 Å². The molecule has 1 aliphatic heterocycles. The Kier molecular flexibility index (Phi) is 4.02. The highest BCUT2D eigenvalue weighted by Gasteiger charge is 2.15. The number of esters is 1. The maximum Gasteiger partial charge on any atom is 0.339 e. The molecule has 5 heteroatoms. The molecule has 0 spiro atoms. The molecule has 2 rings (SSSR count). The van der Waals surface area contributed by atoms with Crippen molar-refractivity contribution in [1.82, 2.24) is 0 Å². The zero-order chi connectivity index (χ0) is 12.3. The molecule has 0 aromatic heterocycles. The van der Waals surface area contributed by atoms with E-state index in [1.165, 1.54) is 7.11 Å². The van der Waals surface area contributed by atoms with Crippen LogP contribution in [0.25, 0.3) is 0 Å². The van der Waals surface area contributed by atoms with Crippen LogP contribution in [0.3, 0.4) is 0 Å². The third-order valence-corrected chi connectivity index (χ3v) is 3.39. The van der Waals surface area contributed by atoms with E-state index in [0.717, 1.165) is 36.5 Å². The van der Waals surface area contributed by atoms with Gasteiger partial charge in [-0.25, -0.2) is 4.79 Å². The monoisotopic (exact) mass is 299 g/mol. The standard InChI is InChI=1S/C12H14BrNO3/c1-16-12(15)10-3-2-9(8-11(10)13)14-4-6-17-7-5-14/h2-3,8H,4-7H2,1H3. The van der Waals surface area contributed by atoms with Crippen molar-refractivity contribution in [3.8, 4) is 0 Å². The molecule has 0 unspecified atom stereocenters. The van der Waals surface area contributed by atoms with Gasteiger partial charge in [0.25, 0.3) is 0 Å². The van der Waals surface area contributed by atoms with Crippen LogP contribution >= 0.6 is 15.9 Å². The predicted molar refractivity (Wildman–Crippen MR) is 68.5 cm³/mol. The van der Waals surface area contributed by atoms with Gasteiger partial charge in [-0.2, -0.15) is 0 Å². The fourth-order valence-electron chi connectivity index (χ4n) is 1.80. The maximum atomic E-state index is 11.4. The van der Waals surface area contributed by atoms with Crippen LogP contribution in [0.4, 0.5) is 5.69 Å². The Balaban J connectivity index is 2.20. The van der Waals surface area contributed by atoms with Crippen molar-refractivity contribution in [3.63, 3.8) is 0 Å². The molecule has 0 aliphatic carbocycles. The number of ether oxygens (including phenoxy) is 2. The molecule has 1 aliphatic rings. The molecule has 1 aromatic carbocycles. The van der Waals surface area contributed by atoms with E-state index in [4.69, 9.17) is 9.47 Å². The summed E-state index contributed by atoms with van der Waals surface area (Å²) >= 11 is 3.40. The summed E-state index contributed by atoms with van der Waals surface area (Å²) < 4.78 is 10.8. The Morgan fingerprint density at radius 1 is 1.41 bits per heavy atom. The third-order valence-electron chi connectivity index (χ3n) is 2.73. The minimum Gasteiger partial charge on any atom is -0.465 e. The highest BCUT2D eigenvalue weighted by Crippen LogP contribution is 2.25. The quantitative estimate of drug-likeness (QED) is 0.784. The first-order chi connectivity index (χ1) is 8.22. The van der Waals surface area contributed by atoms with Gasteiger partial charge in [-0.3, -0.25) is 0 Å². The summed E-state index contributed by atoms with van der Waals surface area (Å²) in [5.41, 5.74) is 1.64. The van der Waals surface area contributed by atoms with Crippen molar-refractivity contribution in [2.24, 2.45) is 0 Å². The van der Waals surface area contributed by atoms with Crippen molar-refractivity contribution < 1.29 is 14.3 Å². The van der Waals surface area contributed by atoms with Crippen molar-refractivity contribution in [2.75, 3.05) is 38.3 Å². The smallest absolute Gasteiger partial charge is 0.339 e. The second-order valence-electron chi connectivity index (χ2n) is 3.76. The third kappa shape index (κ3) is 2.79. The van der Waals surface area contributed by atoms with Gasteiger partial charge < -0.3 is 14.4 Å². The van der Waals surface area contributed by atoms with Gasteiger partial charge in [0.2, 0.25) is 0 Å². The summed E-state index contributed by atoms with van der Waals surface area (Å²) in [6, 6.07) is 5.65. The number of rotatable bonds is 2. The summed E-state index contributed by atoms with van der Waals surface area (Å²) in [5.74, 6) is -0.328. The number of methoxy groups -OCH3 is 1. The van der Waals surface area contributed by atoms with Crippen LogP contribution in [0.15, 0.2) is 22.7 Å². The van der Waals surface area contributed by atoms with E-state index in [1.54, 1.807) is 6.07 Å². The summed E-state index contributed by atoms with van der Waals surface area (Å²) in [7, 11) is 1.38. The Morgan fingerprint density at radius 3 is 2.71 bits per heavy atom. The van der Waals surface area contributed by atoms with Crippen molar-refractivity contribution >= 4 is 27.6 Å². The molecule has 0 saturated carbocycles. The Bertz CT molecular complexity index is 416. The zero-order valence-corrected chi connectivity index (χ0v) is 11.2. The Morgan fingerprint density at radius 2 is 2.12 bits per heavy atom. The lowest BCUT2D eigenvalue weighted by Crippen LogP contribution is -2.36. The minimum atomic E-state index is -0.328. The van der Waals surface area contributed by atoms with Gasteiger partial charge in [-0.05, 0) is 34.1 Å². The Labute approximate surface area is 109 Å². The van der Waals surface area contributed by atoms with E-state index in [0.29, 0.717) is 5.56 Å². The fourth-order valence-corrected chi connectivity index (χ4v) is 2.33. The van der Waals surface area contributed by atoms with E-state index < -0.39 is 0 Å². The normalized spacial score (nSPS) is 15.8. The number of nitrogens with zero attached hydrogens (tertiary/aromatic N) is 1. The molecule has 1 heterocycles. The molecule has 0 atom stereocenters. The van der Waals surface area contributed by atoms with Gasteiger partial charge in [0.1, 0.15) is 0 Å². The molecule has 0 amide bonds. The van der Waals surface area contributed by atoms with E-state index >= 15 is 0 Å². The second kappa shape index (κ2) is 5.51. The van der Waals surface area contributed by atoms with E-state index in [9.17, 15) is 4.79 Å². The van der Waals surface area contributed by atoms with Crippen molar-refractivity contribution in [3.05, 3.63) is 28.2 Å². The second-order valence-corrected chi connectivity index (χ2v) is 4.61. The molecule has 1 fully saturated rings. The van der Waals surface area contributed by atoms with Crippen molar-refractivity contribution in [2.45, 2.75) is 0 Å². The predicted octanol–water partition coefficient (Wildman–Crippen LogP) is 2.07. The molecular formula is C12H14BrNO3. The first-order valence-electron chi connectivity index (χ1n) is 5.43. The van der Waals surface area contributed by atoms with E-state index in [-0.39, 0.29) is 5.97 Å². The molecule has 1 saturated heterocycles. The molecule has 0 bridgehead atoms. The number of hydrogen-bond donors (Lipinski definition) is 0. The van der Waals surface area contributed by atoms with Crippen LogP contribution < -0.4 is 4.90 Å². The highest BCUT2D eigenvalue weighted by atomic mass is 79.9. The maximum absolute atomic E-state index is 11.4. The van der Waals surface area contributed by atoms with E-state index in [2.05, 4.69) is 20.8 Å². The number of morpholine rings is 1. The Hall–Kier alpha value is -1.07. The largest absolute Gasteiger partial charge is 0.465 e.